The smallest absolute Gasteiger partial charge is 0.254 e. The van der Waals surface area contributed by atoms with Gasteiger partial charge in [-0.15, -0.1) is 0 Å². The molecule has 104 valence electrons. The molecule has 1 amide bonds. The van der Waals surface area contributed by atoms with Crippen LogP contribution >= 0.6 is 12.2 Å². The Morgan fingerprint density at radius 2 is 2.00 bits per heavy atom. The van der Waals surface area contributed by atoms with Crippen LogP contribution in [-0.4, -0.2) is 28.4 Å². The van der Waals surface area contributed by atoms with E-state index >= 15 is 0 Å². The molecule has 19 heavy (non-hydrogen) atoms. The van der Waals surface area contributed by atoms with Crippen molar-refractivity contribution in [3.63, 3.8) is 0 Å². The fraction of sp³-hybridized carbons (Fsp3) is 0.467. The Kier molecular flexibility index (Phi) is 5.48. The van der Waals surface area contributed by atoms with Crippen molar-refractivity contribution in [3.05, 3.63) is 34.9 Å². The molecule has 0 unspecified atom stereocenters. The first kappa shape index (κ1) is 15.6. The average molecular weight is 278 g/mol. The molecule has 0 saturated heterocycles. The molecular weight excluding hydrogens is 256 g/mol. The van der Waals surface area contributed by atoms with Gasteiger partial charge in [0.1, 0.15) is 0 Å². The predicted molar refractivity (Wildman–Crippen MR) is 83.5 cm³/mol. The number of hydrogen-bond donors (Lipinski definition) is 1. The molecular formula is C15H22N2OS. The van der Waals surface area contributed by atoms with Crippen LogP contribution in [0, 0.1) is 13.8 Å². The minimum atomic E-state index is 0.0486. The maximum Gasteiger partial charge on any atom is 0.254 e. The second-order valence-corrected chi connectivity index (χ2v) is 5.65. The Bertz CT molecular complexity index is 483. The first-order chi connectivity index (χ1) is 8.82. The summed E-state index contributed by atoms with van der Waals surface area (Å²) in [7, 11) is 0. The summed E-state index contributed by atoms with van der Waals surface area (Å²) in [5.74, 6) is 0.0486. The second kappa shape index (κ2) is 6.66. The molecule has 1 aromatic rings. The lowest BCUT2D eigenvalue weighted by molar-refractivity contribution is 0.0711. The first-order valence-electron chi connectivity index (χ1n) is 6.49. The highest BCUT2D eigenvalue weighted by atomic mass is 32.1. The van der Waals surface area contributed by atoms with Gasteiger partial charge in [-0.25, -0.2) is 0 Å². The highest BCUT2D eigenvalue weighted by Crippen LogP contribution is 2.15. The molecule has 0 aliphatic carbocycles. The van der Waals surface area contributed by atoms with Crippen LogP contribution in [0.4, 0.5) is 0 Å². The summed E-state index contributed by atoms with van der Waals surface area (Å²) < 4.78 is 0. The Balaban J connectivity index is 2.99. The molecule has 2 N–H and O–H groups in total. The highest BCUT2D eigenvalue weighted by molar-refractivity contribution is 7.80. The summed E-state index contributed by atoms with van der Waals surface area (Å²) in [6.07, 6.45) is 0.560. The zero-order valence-corrected chi connectivity index (χ0v) is 12.9. The van der Waals surface area contributed by atoms with Crippen LogP contribution < -0.4 is 5.73 Å². The molecule has 3 nitrogen and oxygen atoms in total. The van der Waals surface area contributed by atoms with Gasteiger partial charge in [0, 0.05) is 24.6 Å². The summed E-state index contributed by atoms with van der Waals surface area (Å²) >= 11 is 4.89. The van der Waals surface area contributed by atoms with Crippen LogP contribution in [0.15, 0.2) is 18.2 Å². The third-order valence-electron chi connectivity index (χ3n) is 3.11. The molecule has 0 fully saturated rings. The van der Waals surface area contributed by atoms with E-state index in [1.165, 1.54) is 0 Å². The van der Waals surface area contributed by atoms with Gasteiger partial charge in [0.25, 0.3) is 5.91 Å². The predicted octanol–water partition coefficient (Wildman–Crippen LogP) is 2.83. The van der Waals surface area contributed by atoms with Gasteiger partial charge in [0.2, 0.25) is 0 Å². The van der Waals surface area contributed by atoms with E-state index in [0.29, 0.717) is 18.0 Å². The molecule has 1 aromatic carbocycles. The molecule has 0 radical (unpaired) electrons. The van der Waals surface area contributed by atoms with E-state index < -0.39 is 0 Å². The number of thiocarbonyl (C=S) groups is 1. The lowest BCUT2D eigenvalue weighted by Gasteiger charge is -2.27. The Morgan fingerprint density at radius 1 is 1.37 bits per heavy atom. The third-order valence-corrected chi connectivity index (χ3v) is 3.31. The van der Waals surface area contributed by atoms with E-state index in [9.17, 15) is 4.79 Å². The molecule has 0 atom stereocenters. The minimum absolute atomic E-state index is 0.0486. The van der Waals surface area contributed by atoms with Gasteiger partial charge >= 0.3 is 0 Å². The van der Waals surface area contributed by atoms with Crippen LogP contribution in [-0.2, 0) is 0 Å². The summed E-state index contributed by atoms with van der Waals surface area (Å²) in [6.45, 7) is 8.52. The fourth-order valence-electron chi connectivity index (χ4n) is 1.95. The summed E-state index contributed by atoms with van der Waals surface area (Å²) in [6, 6.07) is 6.06. The average Bonchev–Trinajstić information content (AvgIpc) is 2.31. The number of carbonyl (C=O) groups is 1. The maximum atomic E-state index is 12.6. The summed E-state index contributed by atoms with van der Waals surface area (Å²) in [4.78, 5) is 14.9. The molecule has 0 aromatic heterocycles. The molecule has 4 heteroatoms. The van der Waals surface area contributed by atoms with E-state index in [0.717, 1.165) is 16.7 Å². The Labute approximate surface area is 120 Å². The van der Waals surface area contributed by atoms with Crippen LogP contribution in [0.3, 0.4) is 0 Å². The van der Waals surface area contributed by atoms with Crippen molar-refractivity contribution in [1.29, 1.82) is 0 Å². The number of carbonyl (C=O) groups excluding carboxylic acids is 1. The second-order valence-electron chi connectivity index (χ2n) is 5.13. The number of nitrogens with zero attached hydrogens (tertiary/aromatic N) is 1. The van der Waals surface area contributed by atoms with Crippen molar-refractivity contribution in [3.8, 4) is 0 Å². The van der Waals surface area contributed by atoms with Gasteiger partial charge < -0.3 is 10.6 Å². The molecule has 1 rings (SSSR count). The zero-order chi connectivity index (χ0) is 14.6. The topological polar surface area (TPSA) is 46.3 Å². The van der Waals surface area contributed by atoms with Crippen LogP contribution in [0.1, 0.15) is 41.8 Å². The van der Waals surface area contributed by atoms with E-state index in [2.05, 4.69) is 0 Å². The van der Waals surface area contributed by atoms with E-state index in [1.54, 1.807) is 0 Å². The van der Waals surface area contributed by atoms with Crippen LogP contribution in [0.25, 0.3) is 0 Å². The number of benzene rings is 1. The molecule has 0 spiro atoms. The number of amides is 1. The van der Waals surface area contributed by atoms with Gasteiger partial charge in [0.15, 0.2) is 0 Å². The largest absolute Gasteiger partial charge is 0.393 e. The van der Waals surface area contributed by atoms with Crippen molar-refractivity contribution in [2.24, 2.45) is 5.73 Å². The van der Waals surface area contributed by atoms with Gasteiger partial charge in [-0.1, -0.05) is 29.9 Å². The van der Waals surface area contributed by atoms with Gasteiger partial charge in [0.05, 0.1) is 4.99 Å². The van der Waals surface area contributed by atoms with Crippen molar-refractivity contribution in [2.45, 2.75) is 40.2 Å². The normalized spacial score (nSPS) is 10.6. The Hall–Kier alpha value is -1.42. The molecule has 0 heterocycles. The summed E-state index contributed by atoms with van der Waals surface area (Å²) in [5, 5.41) is 0. The fourth-order valence-corrected chi connectivity index (χ4v) is 2.04. The standard InChI is InChI=1S/C15H22N2OS/c1-10(2)17(8-7-14(16)19)15(18)13-9-11(3)5-6-12(13)4/h5-6,9-10H,7-8H2,1-4H3,(H2,16,19). The van der Waals surface area contributed by atoms with Crippen LogP contribution in [0.2, 0.25) is 0 Å². The number of rotatable bonds is 5. The SMILES string of the molecule is Cc1ccc(C)c(C(=O)N(CCC(N)=S)C(C)C)c1. The number of nitrogens with two attached hydrogens (primary N) is 1. The third kappa shape index (κ3) is 4.31. The van der Waals surface area contributed by atoms with Crippen molar-refractivity contribution < 1.29 is 4.79 Å². The highest BCUT2D eigenvalue weighted by Gasteiger charge is 2.20. The van der Waals surface area contributed by atoms with Gasteiger partial charge in [-0.05, 0) is 39.3 Å². The van der Waals surface area contributed by atoms with Crippen molar-refractivity contribution in [2.75, 3.05) is 6.54 Å². The monoisotopic (exact) mass is 278 g/mol. The van der Waals surface area contributed by atoms with Gasteiger partial charge in [-0.3, -0.25) is 4.79 Å². The molecule has 0 aliphatic heterocycles. The molecule has 0 aliphatic rings. The van der Waals surface area contributed by atoms with Crippen molar-refractivity contribution in [1.82, 2.24) is 4.90 Å². The van der Waals surface area contributed by atoms with E-state index in [1.807, 2.05) is 50.8 Å². The van der Waals surface area contributed by atoms with E-state index in [4.69, 9.17) is 18.0 Å². The molecule has 0 bridgehead atoms. The quantitative estimate of drug-likeness (QED) is 0.842. The minimum Gasteiger partial charge on any atom is -0.393 e. The zero-order valence-electron chi connectivity index (χ0n) is 12.1. The first-order valence-corrected chi connectivity index (χ1v) is 6.90. The van der Waals surface area contributed by atoms with Gasteiger partial charge in [-0.2, -0.15) is 0 Å². The molecule has 0 saturated carbocycles. The lowest BCUT2D eigenvalue weighted by atomic mass is 10.0. The maximum absolute atomic E-state index is 12.6. The van der Waals surface area contributed by atoms with Crippen molar-refractivity contribution >= 4 is 23.1 Å². The number of aryl methyl sites for hydroxylation is 2. The van der Waals surface area contributed by atoms with E-state index in [-0.39, 0.29) is 11.9 Å². The van der Waals surface area contributed by atoms with Crippen LogP contribution in [0.5, 0.6) is 0 Å². The Morgan fingerprint density at radius 3 is 2.53 bits per heavy atom. The number of hydrogen-bond acceptors (Lipinski definition) is 2. The summed E-state index contributed by atoms with van der Waals surface area (Å²) in [5.41, 5.74) is 8.37. The lowest BCUT2D eigenvalue weighted by Crippen LogP contribution is -2.39.